The van der Waals surface area contributed by atoms with Gasteiger partial charge in [-0.3, -0.25) is 0 Å². The van der Waals surface area contributed by atoms with E-state index in [9.17, 15) is 13.2 Å². The Hall–Kier alpha value is 0.390. The summed E-state index contributed by atoms with van der Waals surface area (Å²) >= 11 is 6.02. The normalized spacial score (nSPS) is 15.0. The lowest BCUT2D eigenvalue weighted by Crippen LogP contribution is -2.30. The maximum absolute atomic E-state index is 12.3. The van der Waals surface area contributed by atoms with Crippen molar-refractivity contribution in [3.8, 4) is 0 Å². The van der Waals surface area contributed by atoms with Crippen LogP contribution in [-0.4, -0.2) is 29.3 Å². The molecular formula is C7H12ClF3OS. The monoisotopic (exact) mass is 236 g/mol. The predicted octanol–water partition coefficient (Wildman–Crippen LogP) is 3.27. The molecule has 0 aromatic heterocycles. The maximum Gasteiger partial charge on any atom is 0.400 e. The van der Waals surface area contributed by atoms with Crippen molar-refractivity contribution in [3.63, 3.8) is 0 Å². The summed E-state index contributed by atoms with van der Waals surface area (Å²) in [6.45, 7) is 3.66. The summed E-state index contributed by atoms with van der Waals surface area (Å²) in [5.41, 5.74) is -2.78. The van der Waals surface area contributed by atoms with Crippen molar-refractivity contribution in [2.24, 2.45) is 0 Å². The molecule has 1 atom stereocenters. The van der Waals surface area contributed by atoms with Crippen LogP contribution < -0.4 is 0 Å². The fourth-order valence-electron chi connectivity index (χ4n) is 0.525. The summed E-state index contributed by atoms with van der Waals surface area (Å²) in [7, 11) is 0. The first kappa shape index (κ1) is 13.4. The number of thioether (sulfide) groups is 1. The Balaban J connectivity index is 3.52. The van der Waals surface area contributed by atoms with Crippen LogP contribution in [0.4, 0.5) is 13.2 Å². The molecule has 0 aromatic rings. The predicted molar refractivity (Wildman–Crippen MR) is 49.2 cm³/mol. The van der Waals surface area contributed by atoms with Crippen LogP contribution in [0, 0.1) is 0 Å². The number of hydrogen-bond acceptors (Lipinski definition) is 2. The zero-order valence-electron chi connectivity index (χ0n) is 7.40. The molecule has 0 aliphatic heterocycles. The van der Waals surface area contributed by atoms with Crippen LogP contribution in [0.2, 0.25) is 0 Å². The van der Waals surface area contributed by atoms with Gasteiger partial charge in [-0.2, -0.15) is 20.5 Å². The van der Waals surface area contributed by atoms with Crippen molar-refractivity contribution in [1.29, 1.82) is 0 Å². The Morgan fingerprint density at radius 3 is 2.38 bits per heavy atom. The van der Waals surface area contributed by atoms with Crippen LogP contribution in [-0.2, 0) is 4.74 Å². The summed E-state index contributed by atoms with van der Waals surface area (Å²) in [4.78, 5) is 0. The second kappa shape index (κ2) is 5.98. The van der Waals surface area contributed by atoms with E-state index in [1.165, 1.54) is 11.8 Å². The molecular weight excluding hydrogens is 225 g/mol. The van der Waals surface area contributed by atoms with Crippen LogP contribution in [0.3, 0.4) is 0 Å². The van der Waals surface area contributed by atoms with Gasteiger partial charge in [0.1, 0.15) is 0 Å². The molecule has 0 saturated carbocycles. The summed E-state index contributed by atoms with van der Waals surface area (Å²) in [5, 5.41) is 0.342. The van der Waals surface area contributed by atoms with Crippen molar-refractivity contribution < 1.29 is 17.9 Å². The summed E-state index contributed by atoms with van der Waals surface area (Å²) < 4.78 is 40.6. The van der Waals surface area contributed by atoms with E-state index in [0.29, 0.717) is 11.0 Å². The van der Waals surface area contributed by atoms with Crippen LogP contribution in [0.15, 0.2) is 0 Å². The number of hydrogen-bond donors (Lipinski definition) is 0. The van der Waals surface area contributed by atoms with Crippen molar-refractivity contribution in [2.45, 2.75) is 30.8 Å². The molecule has 0 fully saturated rings. The van der Waals surface area contributed by atoms with Crippen molar-refractivity contribution in [3.05, 3.63) is 0 Å². The first-order chi connectivity index (χ1) is 5.86. The lowest BCUT2D eigenvalue weighted by Gasteiger charge is -2.16. The topological polar surface area (TPSA) is 9.23 Å². The number of alkyl halides is 4. The molecule has 80 valence electrons. The molecule has 6 heteroatoms. The van der Waals surface area contributed by atoms with Gasteiger partial charge in [-0.1, -0.05) is 25.4 Å². The molecule has 0 N–H and O–H groups in total. The minimum atomic E-state index is -3.88. The van der Waals surface area contributed by atoms with Gasteiger partial charge in [0.05, 0.1) is 6.61 Å². The molecule has 0 saturated heterocycles. The van der Waals surface area contributed by atoms with Crippen LogP contribution in [0.25, 0.3) is 0 Å². The molecule has 0 spiro atoms. The number of ether oxygens (including phenoxy) is 1. The van der Waals surface area contributed by atoms with Gasteiger partial charge in [0.15, 0.2) is 0 Å². The van der Waals surface area contributed by atoms with E-state index in [1.807, 2.05) is 13.8 Å². The lowest BCUT2D eigenvalue weighted by atomic mass is 10.6. The molecule has 1 unspecified atom stereocenters. The maximum atomic E-state index is 12.3. The first-order valence-electron chi connectivity index (χ1n) is 3.77. The Morgan fingerprint density at radius 1 is 1.46 bits per heavy atom. The van der Waals surface area contributed by atoms with E-state index in [0.717, 1.165) is 0 Å². The van der Waals surface area contributed by atoms with E-state index in [-0.39, 0.29) is 6.61 Å². The fourth-order valence-corrected chi connectivity index (χ4v) is 1.24. The zero-order chi connectivity index (χ0) is 10.5. The van der Waals surface area contributed by atoms with Gasteiger partial charge in [-0.05, 0) is 5.25 Å². The molecule has 1 nitrogen and oxygen atoms in total. The minimum Gasteiger partial charge on any atom is -0.316 e. The highest BCUT2D eigenvalue weighted by molar-refractivity contribution is 7.99. The van der Waals surface area contributed by atoms with E-state index < -0.39 is 11.7 Å². The second-order valence-electron chi connectivity index (χ2n) is 2.63. The van der Waals surface area contributed by atoms with E-state index >= 15 is 0 Å². The average Bonchev–Trinajstić information content (AvgIpc) is 1.97. The number of halogens is 4. The Kier molecular flexibility index (Phi) is 6.16. The van der Waals surface area contributed by atoms with Gasteiger partial charge in [0.25, 0.3) is 5.63 Å². The molecule has 0 amide bonds. The summed E-state index contributed by atoms with van der Waals surface area (Å²) in [6.07, 6.45) is -3.88. The molecule has 0 aliphatic carbocycles. The smallest absolute Gasteiger partial charge is 0.316 e. The summed E-state index contributed by atoms with van der Waals surface area (Å²) in [6, 6.07) is 0. The molecule has 0 aliphatic rings. The summed E-state index contributed by atoms with van der Waals surface area (Å²) in [5.74, 6) is 0.400. The van der Waals surface area contributed by atoms with Gasteiger partial charge in [0, 0.05) is 5.75 Å². The lowest BCUT2D eigenvalue weighted by molar-refractivity contribution is -0.253. The molecule has 0 heterocycles. The highest BCUT2D eigenvalue weighted by Crippen LogP contribution is 2.26. The SMILES string of the molecule is CC(C)SCCOC(F)(F)C(F)Cl. The van der Waals surface area contributed by atoms with Crippen LogP contribution in [0.5, 0.6) is 0 Å². The van der Waals surface area contributed by atoms with Crippen molar-refractivity contribution in [1.82, 2.24) is 0 Å². The standard InChI is InChI=1S/C7H12ClF3OS/c1-5(2)13-4-3-12-7(10,11)6(8)9/h5-6H,3-4H2,1-2H3. The molecule has 0 rings (SSSR count). The Bertz CT molecular complexity index is 144. The quantitative estimate of drug-likeness (QED) is 0.517. The highest BCUT2D eigenvalue weighted by atomic mass is 35.5. The van der Waals surface area contributed by atoms with Crippen molar-refractivity contribution >= 4 is 23.4 Å². The Morgan fingerprint density at radius 2 is 2.00 bits per heavy atom. The van der Waals surface area contributed by atoms with Crippen LogP contribution in [0.1, 0.15) is 13.8 Å². The van der Waals surface area contributed by atoms with Crippen LogP contribution >= 0.6 is 23.4 Å². The second-order valence-corrected chi connectivity index (χ2v) is 4.70. The van der Waals surface area contributed by atoms with E-state index in [2.05, 4.69) is 16.3 Å². The van der Waals surface area contributed by atoms with E-state index in [4.69, 9.17) is 0 Å². The van der Waals surface area contributed by atoms with E-state index in [1.54, 1.807) is 0 Å². The minimum absolute atomic E-state index is 0.205. The highest BCUT2D eigenvalue weighted by Gasteiger charge is 2.40. The molecule has 0 aromatic carbocycles. The molecule has 0 radical (unpaired) electrons. The molecule has 0 bridgehead atoms. The largest absolute Gasteiger partial charge is 0.400 e. The van der Waals surface area contributed by atoms with Gasteiger partial charge in [0.2, 0.25) is 0 Å². The van der Waals surface area contributed by atoms with Gasteiger partial charge >= 0.3 is 6.11 Å². The van der Waals surface area contributed by atoms with Gasteiger partial charge in [-0.15, -0.1) is 0 Å². The third-order valence-corrected chi connectivity index (χ3v) is 2.41. The van der Waals surface area contributed by atoms with Gasteiger partial charge in [-0.25, -0.2) is 4.39 Å². The number of rotatable bonds is 6. The van der Waals surface area contributed by atoms with Crippen molar-refractivity contribution in [2.75, 3.05) is 12.4 Å². The third-order valence-electron chi connectivity index (χ3n) is 1.08. The fraction of sp³-hybridized carbons (Fsp3) is 1.00. The third kappa shape index (κ3) is 6.46. The first-order valence-corrected chi connectivity index (χ1v) is 5.26. The average molecular weight is 237 g/mol. The van der Waals surface area contributed by atoms with Gasteiger partial charge < -0.3 is 4.74 Å². The zero-order valence-corrected chi connectivity index (χ0v) is 8.97. The molecule has 13 heavy (non-hydrogen) atoms. The Labute approximate surface area is 85.0 Å².